The van der Waals surface area contributed by atoms with Crippen LogP contribution in [0.2, 0.25) is 0 Å². The van der Waals surface area contributed by atoms with Crippen LogP contribution < -0.4 is 5.32 Å². The van der Waals surface area contributed by atoms with E-state index in [1.165, 1.54) is 18.4 Å². The zero-order valence-electron chi connectivity index (χ0n) is 18.4. The van der Waals surface area contributed by atoms with Gasteiger partial charge < -0.3 is 10.2 Å². The van der Waals surface area contributed by atoms with Crippen LogP contribution in [0.15, 0.2) is 30.3 Å². The van der Waals surface area contributed by atoms with E-state index in [1.54, 1.807) is 0 Å². The summed E-state index contributed by atoms with van der Waals surface area (Å²) in [5, 5.41) is 3.10. The van der Waals surface area contributed by atoms with Gasteiger partial charge in [-0.25, -0.2) is 0 Å². The summed E-state index contributed by atoms with van der Waals surface area (Å²) in [6, 6.07) is 10.6. The maximum absolute atomic E-state index is 12.3. The fourth-order valence-electron chi connectivity index (χ4n) is 4.11. The minimum absolute atomic E-state index is 0.0792. The predicted molar refractivity (Wildman–Crippen MR) is 118 cm³/mol. The van der Waals surface area contributed by atoms with Crippen LogP contribution >= 0.6 is 0 Å². The van der Waals surface area contributed by atoms with E-state index in [0.717, 1.165) is 52.1 Å². The van der Waals surface area contributed by atoms with Crippen LogP contribution in [0.5, 0.6) is 0 Å². The topological polar surface area (TPSA) is 52.7 Å². The molecule has 1 heterocycles. The van der Waals surface area contributed by atoms with Gasteiger partial charge in [0.25, 0.3) is 0 Å². The minimum Gasteiger partial charge on any atom is -0.356 e. The number of benzene rings is 1. The summed E-state index contributed by atoms with van der Waals surface area (Å²) in [6.07, 6.45) is 5.88. The lowest BCUT2D eigenvalue weighted by atomic mass is 9.97. The van der Waals surface area contributed by atoms with Crippen molar-refractivity contribution in [1.82, 2.24) is 15.1 Å². The lowest BCUT2D eigenvalue weighted by molar-refractivity contribution is -0.131. The number of nitrogens with zero attached hydrogens (tertiary/aromatic N) is 2. The SMILES string of the molecule is CCCN(CCC)C(=O)CCCC(=O)NCC1CCCN(Cc2ccccc2)C1. The summed E-state index contributed by atoms with van der Waals surface area (Å²) in [6.45, 7) is 9.73. The van der Waals surface area contributed by atoms with Gasteiger partial charge >= 0.3 is 0 Å². The molecule has 1 N–H and O–H groups in total. The summed E-state index contributed by atoms with van der Waals surface area (Å²) < 4.78 is 0. The van der Waals surface area contributed by atoms with Crippen molar-refractivity contribution in [3.63, 3.8) is 0 Å². The molecule has 1 fully saturated rings. The van der Waals surface area contributed by atoms with Crippen LogP contribution in [0.25, 0.3) is 0 Å². The Bertz CT molecular complexity index is 599. The number of nitrogens with one attached hydrogen (secondary N) is 1. The molecule has 2 amide bonds. The van der Waals surface area contributed by atoms with E-state index >= 15 is 0 Å². The number of rotatable bonds is 12. The first-order chi connectivity index (χ1) is 14.1. The Hall–Kier alpha value is -1.88. The molecule has 0 saturated carbocycles. The number of amides is 2. The largest absolute Gasteiger partial charge is 0.356 e. The van der Waals surface area contributed by atoms with Crippen LogP contribution in [0.3, 0.4) is 0 Å². The second kappa shape index (κ2) is 13.4. The third kappa shape index (κ3) is 8.99. The third-order valence-electron chi connectivity index (χ3n) is 5.57. The molecule has 29 heavy (non-hydrogen) atoms. The molecule has 1 aromatic carbocycles. The van der Waals surface area contributed by atoms with E-state index < -0.39 is 0 Å². The normalized spacial score (nSPS) is 17.1. The van der Waals surface area contributed by atoms with Crippen molar-refractivity contribution in [1.29, 1.82) is 0 Å². The molecule has 1 unspecified atom stereocenters. The van der Waals surface area contributed by atoms with Gasteiger partial charge in [-0.3, -0.25) is 14.5 Å². The molecule has 1 saturated heterocycles. The van der Waals surface area contributed by atoms with Gasteiger partial charge in [0, 0.05) is 45.6 Å². The van der Waals surface area contributed by atoms with Crippen LogP contribution in [-0.4, -0.2) is 54.3 Å². The summed E-state index contributed by atoms with van der Waals surface area (Å²) >= 11 is 0. The highest BCUT2D eigenvalue weighted by Gasteiger charge is 2.20. The summed E-state index contributed by atoms with van der Waals surface area (Å²) in [7, 11) is 0. The first kappa shape index (κ1) is 23.4. The average molecular weight is 402 g/mol. The van der Waals surface area contributed by atoms with Crippen molar-refractivity contribution in [3.8, 4) is 0 Å². The molecule has 1 aromatic rings. The molecule has 1 atom stereocenters. The lowest BCUT2D eigenvalue weighted by Gasteiger charge is -2.32. The molecule has 5 heteroatoms. The summed E-state index contributed by atoms with van der Waals surface area (Å²) in [4.78, 5) is 28.9. The number of piperidine rings is 1. The molecule has 0 spiro atoms. The number of hydrogen-bond donors (Lipinski definition) is 1. The van der Waals surface area contributed by atoms with Gasteiger partial charge in [0.1, 0.15) is 0 Å². The first-order valence-electron chi connectivity index (χ1n) is 11.4. The second-order valence-electron chi connectivity index (χ2n) is 8.27. The highest BCUT2D eigenvalue weighted by molar-refractivity contribution is 5.78. The summed E-state index contributed by atoms with van der Waals surface area (Å²) in [5.41, 5.74) is 1.35. The highest BCUT2D eigenvalue weighted by atomic mass is 16.2. The molecule has 1 aliphatic heterocycles. The van der Waals surface area contributed by atoms with Gasteiger partial charge in [0.2, 0.25) is 11.8 Å². The van der Waals surface area contributed by atoms with Crippen LogP contribution in [-0.2, 0) is 16.1 Å². The standard InChI is InChI=1S/C24H39N3O2/c1-3-15-27(16-4-2)24(29)14-8-13-23(28)25-18-22-12-9-17-26(20-22)19-21-10-6-5-7-11-21/h5-7,10-11,22H,3-4,8-9,12-20H2,1-2H3,(H,25,28). The average Bonchev–Trinajstić information content (AvgIpc) is 2.73. The van der Waals surface area contributed by atoms with E-state index in [2.05, 4.69) is 54.4 Å². The Morgan fingerprint density at radius 1 is 1.10 bits per heavy atom. The summed E-state index contributed by atoms with van der Waals surface area (Å²) in [5.74, 6) is 0.781. The van der Waals surface area contributed by atoms with E-state index in [9.17, 15) is 9.59 Å². The smallest absolute Gasteiger partial charge is 0.222 e. The Balaban J connectivity index is 1.63. The van der Waals surface area contributed by atoms with E-state index in [4.69, 9.17) is 0 Å². The lowest BCUT2D eigenvalue weighted by Crippen LogP contribution is -2.40. The monoisotopic (exact) mass is 401 g/mol. The van der Waals surface area contributed by atoms with E-state index in [1.807, 2.05) is 4.90 Å². The molecular weight excluding hydrogens is 362 g/mol. The van der Waals surface area contributed by atoms with Gasteiger partial charge in [-0.15, -0.1) is 0 Å². The Morgan fingerprint density at radius 2 is 1.83 bits per heavy atom. The molecule has 0 radical (unpaired) electrons. The van der Waals surface area contributed by atoms with Crippen molar-refractivity contribution in [2.45, 2.75) is 65.3 Å². The van der Waals surface area contributed by atoms with Crippen molar-refractivity contribution in [3.05, 3.63) is 35.9 Å². The number of hydrogen-bond acceptors (Lipinski definition) is 3. The van der Waals surface area contributed by atoms with Gasteiger partial charge in [0.15, 0.2) is 0 Å². The van der Waals surface area contributed by atoms with Crippen LogP contribution in [0.4, 0.5) is 0 Å². The minimum atomic E-state index is 0.0792. The van der Waals surface area contributed by atoms with Crippen LogP contribution in [0, 0.1) is 5.92 Å². The fourth-order valence-corrected chi connectivity index (χ4v) is 4.11. The molecule has 0 aromatic heterocycles. The molecule has 1 aliphatic rings. The van der Waals surface area contributed by atoms with Gasteiger partial charge in [-0.2, -0.15) is 0 Å². The molecular formula is C24H39N3O2. The van der Waals surface area contributed by atoms with Crippen molar-refractivity contribution < 1.29 is 9.59 Å². The van der Waals surface area contributed by atoms with E-state index in [0.29, 0.717) is 25.2 Å². The zero-order valence-corrected chi connectivity index (χ0v) is 18.4. The third-order valence-corrected chi connectivity index (χ3v) is 5.57. The number of carbonyl (C=O) groups is 2. The predicted octanol–water partition coefficient (Wildman–Crippen LogP) is 3.83. The van der Waals surface area contributed by atoms with E-state index in [-0.39, 0.29) is 11.8 Å². The zero-order chi connectivity index (χ0) is 20.9. The second-order valence-corrected chi connectivity index (χ2v) is 8.27. The molecule has 2 rings (SSSR count). The van der Waals surface area contributed by atoms with Crippen molar-refractivity contribution in [2.75, 3.05) is 32.7 Å². The van der Waals surface area contributed by atoms with Gasteiger partial charge in [0.05, 0.1) is 0 Å². The maximum atomic E-state index is 12.3. The highest BCUT2D eigenvalue weighted by Crippen LogP contribution is 2.18. The fraction of sp³-hybridized carbons (Fsp3) is 0.667. The van der Waals surface area contributed by atoms with Gasteiger partial charge in [-0.1, -0.05) is 44.2 Å². The van der Waals surface area contributed by atoms with Crippen molar-refractivity contribution in [2.24, 2.45) is 5.92 Å². The number of likely N-dealkylation sites (tertiary alicyclic amines) is 1. The molecule has 162 valence electrons. The Morgan fingerprint density at radius 3 is 2.52 bits per heavy atom. The molecule has 5 nitrogen and oxygen atoms in total. The quantitative estimate of drug-likeness (QED) is 0.579. The van der Waals surface area contributed by atoms with Gasteiger partial charge in [-0.05, 0) is 50.1 Å². The first-order valence-corrected chi connectivity index (χ1v) is 11.4. The Labute approximate surface area is 176 Å². The Kier molecular flexibility index (Phi) is 10.8. The molecule has 0 bridgehead atoms. The van der Waals surface area contributed by atoms with Crippen molar-refractivity contribution >= 4 is 11.8 Å². The molecule has 0 aliphatic carbocycles. The van der Waals surface area contributed by atoms with Crippen LogP contribution in [0.1, 0.15) is 64.4 Å². The maximum Gasteiger partial charge on any atom is 0.222 e. The number of carbonyl (C=O) groups excluding carboxylic acids is 2.